The molecule has 0 bridgehead atoms. The normalized spacial score (nSPS) is 12.5. The summed E-state index contributed by atoms with van der Waals surface area (Å²) in [5.74, 6) is 0.266. The number of H-pyrrole nitrogens is 1. The second kappa shape index (κ2) is 5.56. The molecular weight excluding hydrogens is 260 g/mol. The molecule has 0 radical (unpaired) electrons. The smallest absolute Gasteiger partial charge is 0.0921 e. The first kappa shape index (κ1) is 13.6. The van der Waals surface area contributed by atoms with Gasteiger partial charge in [-0.2, -0.15) is 5.10 Å². The lowest BCUT2D eigenvalue weighted by atomic mass is 9.87. The van der Waals surface area contributed by atoms with Crippen LogP contribution in [0.15, 0.2) is 43.0 Å². The Kier molecular flexibility index (Phi) is 3.60. The highest BCUT2D eigenvalue weighted by Gasteiger charge is 2.20. The largest absolute Gasteiger partial charge is 0.348 e. The van der Waals surface area contributed by atoms with Crippen molar-refractivity contribution in [2.24, 2.45) is 7.05 Å². The van der Waals surface area contributed by atoms with E-state index in [9.17, 15) is 0 Å². The number of rotatable bonds is 4. The summed E-state index contributed by atoms with van der Waals surface area (Å²) in [5, 5.41) is 4.28. The molecule has 0 aliphatic rings. The van der Waals surface area contributed by atoms with E-state index >= 15 is 0 Å². The van der Waals surface area contributed by atoms with Crippen LogP contribution in [0.4, 0.5) is 0 Å². The van der Waals surface area contributed by atoms with Gasteiger partial charge in [0, 0.05) is 43.2 Å². The standard InChI is InChI=1S/C17H20N4/c1-12-5-4-6-15(13(12)2)16(17-10-18-11-19-17)9-14-7-8-20-21(14)3/h4-8,10-11,16H,9H2,1-3H3,(H,18,19)/t16-/m1/s1. The molecule has 1 aromatic carbocycles. The monoisotopic (exact) mass is 280 g/mol. The van der Waals surface area contributed by atoms with Crippen LogP contribution in [0, 0.1) is 13.8 Å². The van der Waals surface area contributed by atoms with Crippen molar-refractivity contribution in [1.82, 2.24) is 19.7 Å². The van der Waals surface area contributed by atoms with Crippen LogP contribution in [-0.4, -0.2) is 19.7 Å². The van der Waals surface area contributed by atoms with E-state index in [2.05, 4.69) is 53.2 Å². The van der Waals surface area contributed by atoms with Crippen molar-refractivity contribution in [1.29, 1.82) is 0 Å². The van der Waals surface area contributed by atoms with Gasteiger partial charge in [0.25, 0.3) is 0 Å². The molecule has 0 saturated heterocycles. The van der Waals surface area contributed by atoms with E-state index in [4.69, 9.17) is 0 Å². The predicted molar refractivity (Wildman–Crippen MR) is 83.3 cm³/mol. The molecular formula is C17H20N4. The van der Waals surface area contributed by atoms with Crippen LogP contribution in [0.2, 0.25) is 0 Å². The van der Waals surface area contributed by atoms with Crippen molar-refractivity contribution >= 4 is 0 Å². The molecule has 0 unspecified atom stereocenters. The fourth-order valence-corrected chi connectivity index (χ4v) is 2.81. The van der Waals surface area contributed by atoms with Crippen molar-refractivity contribution in [3.63, 3.8) is 0 Å². The van der Waals surface area contributed by atoms with E-state index in [1.807, 2.05) is 24.1 Å². The number of imidazole rings is 1. The fourth-order valence-electron chi connectivity index (χ4n) is 2.81. The van der Waals surface area contributed by atoms with Gasteiger partial charge in [-0.05, 0) is 36.6 Å². The summed E-state index contributed by atoms with van der Waals surface area (Å²) < 4.78 is 1.94. The zero-order valence-electron chi connectivity index (χ0n) is 12.7. The third kappa shape index (κ3) is 2.61. The highest BCUT2D eigenvalue weighted by molar-refractivity contribution is 5.40. The summed E-state index contributed by atoms with van der Waals surface area (Å²) in [7, 11) is 1.99. The van der Waals surface area contributed by atoms with Gasteiger partial charge in [0.05, 0.1) is 6.33 Å². The molecule has 4 heteroatoms. The number of hydrogen-bond acceptors (Lipinski definition) is 2. The van der Waals surface area contributed by atoms with E-state index in [-0.39, 0.29) is 5.92 Å². The molecule has 0 aliphatic carbocycles. The molecule has 2 heterocycles. The Bertz CT molecular complexity index is 725. The quantitative estimate of drug-likeness (QED) is 0.798. The summed E-state index contributed by atoms with van der Waals surface area (Å²) in [4.78, 5) is 7.47. The predicted octanol–water partition coefficient (Wildman–Crippen LogP) is 3.13. The maximum atomic E-state index is 4.28. The van der Waals surface area contributed by atoms with Gasteiger partial charge in [-0.25, -0.2) is 4.98 Å². The molecule has 0 amide bonds. The summed E-state index contributed by atoms with van der Waals surface area (Å²) in [6.07, 6.45) is 6.42. The van der Waals surface area contributed by atoms with Gasteiger partial charge in [0.15, 0.2) is 0 Å². The first-order valence-corrected chi connectivity index (χ1v) is 7.18. The molecule has 21 heavy (non-hydrogen) atoms. The Balaban J connectivity index is 2.05. The van der Waals surface area contributed by atoms with Gasteiger partial charge in [-0.15, -0.1) is 0 Å². The SMILES string of the molecule is Cc1cccc([C@@H](Cc2ccnn2C)c2cnc[nH]2)c1C. The van der Waals surface area contributed by atoms with Crippen LogP contribution < -0.4 is 0 Å². The van der Waals surface area contributed by atoms with E-state index in [0.717, 1.165) is 12.1 Å². The highest BCUT2D eigenvalue weighted by atomic mass is 15.2. The molecule has 3 aromatic rings. The van der Waals surface area contributed by atoms with Gasteiger partial charge in [-0.1, -0.05) is 18.2 Å². The maximum absolute atomic E-state index is 4.28. The van der Waals surface area contributed by atoms with Crippen LogP contribution in [0.5, 0.6) is 0 Å². The van der Waals surface area contributed by atoms with E-state index < -0.39 is 0 Å². The van der Waals surface area contributed by atoms with Crippen molar-refractivity contribution < 1.29 is 0 Å². The number of hydrogen-bond donors (Lipinski definition) is 1. The number of nitrogens with one attached hydrogen (secondary N) is 1. The van der Waals surface area contributed by atoms with Crippen LogP contribution in [0.3, 0.4) is 0 Å². The van der Waals surface area contributed by atoms with Crippen molar-refractivity contribution in [2.75, 3.05) is 0 Å². The van der Waals surface area contributed by atoms with Gasteiger partial charge < -0.3 is 4.98 Å². The minimum absolute atomic E-state index is 0.266. The summed E-state index contributed by atoms with van der Waals surface area (Å²) in [6, 6.07) is 8.58. The number of benzene rings is 1. The van der Waals surface area contributed by atoms with Crippen LogP contribution in [0.25, 0.3) is 0 Å². The molecule has 0 aliphatic heterocycles. The van der Waals surface area contributed by atoms with Crippen molar-refractivity contribution in [2.45, 2.75) is 26.2 Å². The molecule has 0 spiro atoms. The highest BCUT2D eigenvalue weighted by Crippen LogP contribution is 2.30. The molecule has 4 nitrogen and oxygen atoms in total. The lowest BCUT2D eigenvalue weighted by Crippen LogP contribution is -2.11. The lowest BCUT2D eigenvalue weighted by molar-refractivity contribution is 0.665. The molecule has 3 rings (SSSR count). The second-order valence-corrected chi connectivity index (χ2v) is 5.50. The summed E-state index contributed by atoms with van der Waals surface area (Å²) in [5.41, 5.74) is 6.38. The summed E-state index contributed by atoms with van der Waals surface area (Å²) in [6.45, 7) is 4.35. The minimum atomic E-state index is 0.266. The lowest BCUT2D eigenvalue weighted by Gasteiger charge is -2.19. The van der Waals surface area contributed by atoms with Gasteiger partial charge in [-0.3, -0.25) is 4.68 Å². The molecule has 0 saturated carbocycles. The van der Waals surface area contributed by atoms with E-state index in [1.165, 1.54) is 22.4 Å². The maximum Gasteiger partial charge on any atom is 0.0921 e. The fraction of sp³-hybridized carbons (Fsp3) is 0.294. The Morgan fingerprint density at radius 1 is 1.24 bits per heavy atom. The van der Waals surface area contributed by atoms with E-state index in [0.29, 0.717) is 0 Å². The Labute approximate surface area is 124 Å². The van der Waals surface area contributed by atoms with Crippen LogP contribution in [0.1, 0.15) is 34.0 Å². The third-order valence-corrected chi connectivity index (χ3v) is 4.25. The second-order valence-electron chi connectivity index (χ2n) is 5.50. The van der Waals surface area contributed by atoms with Crippen molar-refractivity contribution in [3.8, 4) is 0 Å². The van der Waals surface area contributed by atoms with Crippen LogP contribution in [-0.2, 0) is 13.5 Å². The zero-order chi connectivity index (χ0) is 14.8. The van der Waals surface area contributed by atoms with Crippen LogP contribution >= 0.6 is 0 Å². The van der Waals surface area contributed by atoms with E-state index in [1.54, 1.807) is 6.33 Å². The molecule has 1 atom stereocenters. The first-order chi connectivity index (χ1) is 10.2. The van der Waals surface area contributed by atoms with Gasteiger partial charge >= 0.3 is 0 Å². The molecule has 2 aromatic heterocycles. The average Bonchev–Trinajstić information content (AvgIpc) is 3.12. The Morgan fingerprint density at radius 2 is 2.10 bits per heavy atom. The number of aryl methyl sites for hydroxylation is 2. The van der Waals surface area contributed by atoms with Gasteiger partial charge in [0.2, 0.25) is 0 Å². The zero-order valence-corrected chi connectivity index (χ0v) is 12.7. The Hall–Kier alpha value is -2.36. The number of nitrogens with zero attached hydrogens (tertiary/aromatic N) is 3. The number of aromatic amines is 1. The third-order valence-electron chi connectivity index (χ3n) is 4.25. The average molecular weight is 280 g/mol. The first-order valence-electron chi connectivity index (χ1n) is 7.18. The number of aromatic nitrogens is 4. The van der Waals surface area contributed by atoms with Gasteiger partial charge in [0.1, 0.15) is 0 Å². The molecule has 0 fully saturated rings. The minimum Gasteiger partial charge on any atom is -0.348 e. The molecule has 1 N–H and O–H groups in total. The molecule has 108 valence electrons. The van der Waals surface area contributed by atoms with Crippen molar-refractivity contribution in [3.05, 3.63) is 71.1 Å². The Morgan fingerprint density at radius 3 is 2.76 bits per heavy atom. The summed E-state index contributed by atoms with van der Waals surface area (Å²) >= 11 is 0. The topological polar surface area (TPSA) is 46.5 Å².